The summed E-state index contributed by atoms with van der Waals surface area (Å²) in [5.74, 6) is 1.07. The van der Waals surface area contributed by atoms with Crippen LogP contribution < -0.4 is 0 Å². The lowest BCUT2D eigenvalue weighted by atomic mass is 10.1. The highest BCUT2D eigenvalue weighted by molar-refractivity contribution is 9.08. The van der Waals surface area contributed by atoms with E-state index in [1.54, 1.807) is 24.3 Å². The zero-order chi connectivity index (χ0) is 10.7. The second-order valence-electron chi connectivity index (χ2n) is 2.84. The largest absolute Gasteiger partial charge is 0.334 e. The Balaban J connectivity index is 2.33. The summed E-state index contributed by atoms with van der Waals surface area (Å²) >= 11 is 3.24. The standard InChI is InChI=1S/C10H6BrN3O/c11-5-9-13-10(15-14-9)8-3-1-7(6-12)2-4-8/h1-4H,5H2. The molecule has 0 radical (unpaired) electrons. The van der Waals surface area contributed by atoms with Crippen LogP contribution in [-0.4, -0.2) is 10.1 Å². The Labute approximate surface area is 94.7 Å². The van der Waals surface area contributed by atoms with Gasteiger partial charge in [0.2, 0.25) is 0 Å². The van der Waals surface area contributed by atoms with Crippen molar-refractivity contribution >= 4 is 15.9 Å². The Morgan fingerprint density at radius 3 is 2.60 bits per heavy atom. The maximum absolute atomic E-state index is 8.63. The lowest BCUT2D eigenvalue weighted by molar-refractivity contribution is 0.425. The van der Waals surface area contributed by atoms with Crippen LogP contribution in [0, 0.1) is 11.3 Å². The fourth-order valence-electron chi connectivity index (χ4n) is 1.11. The van der Waals surface area contributed by atoms with Gasteiger partial charge in [0.25, 0.3) is 5.89 Å². The van der Waals surface area contributed by atoms with E-state index in [1.807, 2.05) is 6.07 Å². The van der Waals surface area contributed by atoms with Crippen LogP contribution in [0.15, 0.2) is 28.8 Å². The van der Waals surface area contributed by atoms with E-state index in [-0.39, 0.29) is 0 Å². The molecule has 0 N–H and O–H groups in total. The molecule has 2 aromatic rings. The average molecular weight is 264 g/mol. The quantitative estimate of drug-likeness (QED) is 0.782. The summed E-state index contributed by atoms with van der Waals surface area (Å²) in [6.07, 6.45) is 0. The van der Waals surface area contributed by atoms with Gasteiger partial charge in [-0.2, -0.15) is 10.2 Å². The smallest absolute Gasteiger partial charge is 0.257 e. The molecule has 2 rings (SSSR count). The van der Waals surface area contributed by atoms with Gasteiger partial charge in [-0.3, -0.25) is 0 Å². The van der Waals surface area contributed by atoms with Crippen LogP contribution in [0.2, 0.25) is 0 Å². The zero-order valence-electron chi connectivity index (χ0n) is 7.64. The van der Waals surface area contributed by atoms with Crippen LogP contribution in [0.3, 0.4) is 0 Å². The van der Waals surface area contributed by atoms with Crippen molar-refractivity contribution in [3.63, 3.8) is 0 Å². The molecule has 4 nitrogen and oxygen atoms in total. The van der Waals surface area contributed by atoms with Gasteiger partial charge in [-0.15, -0.1) is 0 Å². The monoisotopic (exact) mass is 263 g/mol. The Kier molecular flexibility index (Phi) is 2.79. The topological polar surface area (TPSA) is 62.7 Å². The Morgan fingerprint density at radius 1 is 1.33 bits per heavy atom. The van der Waals surface area contributed by atoms with Crippen LogP contribution in [0.1, 0.15) is 11.4 Å². The molecule has 5 heteroatoms. The van der Waals surface area contributed by atoms with Crippen molar-refractivity contribution in [2.75, 3.05) is 0 Å². The second kappa shape index (κ2) is 4.24. The maximum atomic E-state index is 8.63. The lowest BCUT2D eigenvalue weighted by Gasteiger charge is -1.92. The first-order valence-corrected chi connectivity index (χ1v) is 5.34. The van der Waals surface area contributed by atoms with Crippen LogP contribution in [0.25, 0.3) is 11.5 Å². The van der Waals surface area contributed by atoms with Gasteiger partial charge in [-0.05, 0) is 24.3 Å². The summed E-state index contributed by atoms with van der Waals surface area (Å²) in [5.41, 5.74) is 1.42. The first kappa shape index (κ1) is 9.87. The number of hydrogen-bond acceptors (Lipinski definition) is 4. The van der Waals surface area contributed by atoms with Gasteiger partial charge in [0.15, 0.2) is 5.82 Å². The highest BCUT2D eigenvalue weighted by Crippen LogP contribution is 2.17. The Hall–Kier alpha value is -1.67. The molecular formula is C10H6BrN3O. The molecule has 0 saturated carbocycles. The molecule has 0 atom stereocenters. The lowest BCUT2D eigenvalue weighted by Crippen LogP contribution is -1.81. The number of nitrogens with zero attached hydrogens (tertiary/aromatic N) is 3. The molecule has 0 saturated heterocycles. The third kappa shape index (κ3) is 2.05. The van der Waals surface area contributed by atoms with E-state index in [0.717, 1.165) is 5.56 Å². The van der Waals surface area contributed by atoms with Crippen LogP contribution in [0.5, 0.6) is 0 Å². The molecule has 0 spiro atoms. The average Bonchev–Trinajstić information content (AvgIpc) is 2.78. The summed E-state index contributed by atoms with van der Waals surface area (Å²) in [4.78, 5) is 4.15. The number of alkyl halides is 1. The summed E-state index contributed by atoms with van der Waals surface area (Å²) in [5, 5.41) is 13.0. The van der Waals surface area contributed by atoms with Gasteiger partial charge < -0.3 is 4.52 Å². The van der Waals surface area contributed by atoms with Crippen LogP contribution >= 0.6 is 15.9 Å². The molecule has 0 fully saturated rings. The highest BCUT2D eigenvalue weighted by atomic mass is 79.9. The SMILES string of the molecule is N#Cc1ccc(-c2nc(CBr)no2)cc1. The molecule has 0 aliphatic carbocycles. The molecule has 1 aromatic carbocycles. The number of benzene rings is 1. The number of halogens is 1. The van der Waals surface area contributed by atoms with Crippen molar-refractivity contribution < 1.29 is 4.52 Å². The van der Waals surface area contributed by atoms with Gasteiger partial charge in [-0.1, -0.05) is 21.1 Å². The van der Waals surface area contributed by atoms with Crippen molar-refractivity contribution in [1.82, 2.24) is 10.1 Å². The van der Waals surface area contributed by atoms with Gasteiger partial charge in [0, 0.05) is 5.56 Å². The van der Waals surface area contributed by atoms with Crippen molar-refractivity contribution in [3.05, 3.63) is 35.7 Å². The molecule has 0 unspecified atom stereocenters. The second-order valence-corrected chi connectivity index (χ2v) is 3.40. The molecular weight excluding hydrogens is 258 g/mol. The first-order chi connectivity index (χ1) is 7.33. The van der Waals surface area contributed by atoms with E-state index in [2.05, 4.69) is 26.1 Å². The summed E-state index contributed by atoms with van der Waals surface area (Å²) in [6, 6.07) is 9.04. The minimum atomic E-state index is 0.467. The Bertz CT molecular complexity index is 498. The van der Waals surface area contributed by atoms with Gasteiger partial charge in [-0.25, -0.2) is 0 Å². The molecule has 74 valence electrons. The van der Waals surface area contributed by atoms with E-state index >= 15 is 0 Å². The third-order valence-corrected chi connectivity index (χ3v) is 2.35. The highest BCUT2D eigenvalue weighted by Gasteiger charge is 2.07. The van der Waals surface area contributed by atoms with E-state index in [4.69, 9.17) is 9.78 Å². The van der Waals surface area contributed by atoms with Crippen LogP contribution in [0.4, 0.5) is 0 Å². The predicted octanol–water partition coefficient (Wildman–Crippen LogP) is 2.50. The molecule has 0 aliphatic rings. The van der Waals surface area contributed by atoms with Crippen molar-refractivity contribution in [2.24, 2.45) is 0 Å². The molecule has 1 heterocycles. The minimum Gasteiger partial charge on any atom is -0.334 e. The molecule has 0 bridgehead atoms. The number of nitriles is 1. The number of rotatable bonds is 2. The van der Waals surface area contributed by atoms with Crippen molar-refractivity contribution in [3.8, 4) is 17.5 Å². The van der Waals surface area contributed by atoms with E-state index < -0.39 is 0 Å². The van der Waals surface area contributed by atoms with Crippen molar-refractivity contribution in [2.45, 2.75) is 5.33 Å². The van der Waals surface area contributed by atoms with Gasteiger partial charge in [0.1, 0.15) is 0 Å². The summed E-state index contributed by atoms with van der Waals surface area (Å²) < 4.78 is 5.04. The first-order valence-electron chi connectivity index (χ1n) is 4.22. The van der Waals surface area contributed by atoms with Crippen molar-refractivity contribution in [1.29, 1.82) is 5.26 Å². The van der Waals surface area contributed by atoms with E-state index in [9.17, 15) is 0 Å². The zero-order valence-corrected chi connectivity index (χ0v) is 9.23. The fraction of sp³-hybridized carbons (Fsp3) is 0.100. The normalized spacial score (nSPS) is 9.87. The van der Waals surface area contributed by atoms with E-state index in [0.29, 0.717) is 22.6 Å². The molecule has 0 aliphatic heterocycles. The summed E-state index contributed by atoms with van der Waals surface area (Å²) in [6.45, 7) is 0. The minimum absolute atomic E-state index is 0.467. The number of hydrogen-bond donors (Lipinski definition) is 0. The molecule has 0 amide bonds. The fourth-order valence-corrected chi connectivity index (χ4v) is 1.34. The van der Waals surface area contributed by atoms with Gasteiger partial charge in [0.05, 0.1) is 17.0 Å². The Morgan fingerprint density at radius 2 is 2.07 bits per heavy atom. The third-order valence-electron chi connectivity index (χ3n) is 1.85. The molecule has 15 heavy (non-hydrogen) atoms. The number of aromatic nitrogens is 2. The van der Waals surface area contributed by atoms with Crippen LogP contribution in [-0.2, 0) is 5.33 Å². The maximum Gasteiger partial charge on any atom is 0.257 e. The molecule has 1 aromatic heterocycles. The predicted molar refractivity (Wildman–Crippen MR) is 57.1 cm³/mol. The van der Waals surface area contributed by atoms with E-state index in [1.165, 1.54) is 0 Å². The van der Waals surface area contributed by atoms with Gasteiger partial charge >= 0.3 is 0 Å². The summed E-state index contributed by atoms with van der Waals surface area (Å²) in [7, 11) is 0.